The molecule has 0 aliphatic rings. The van der Waals surface area contributed by atoms with Crippen molar-refractivity contribution in [1.29, 1.82) is 0 Å². The number of terminal acetylenes is 1. The van der Waals surface area contributed by atoms with Crippen LogP contribution in [-0.2, 0) is 0 Å². The monoisotopic (exact) mass is 252 g/mol. The number of halogens is 1. The third kappa shape index (κ3) is 6.60. The molecule has 17 heavy (non-hydrogen) atoms. The van der Waals surface area contributed by atoms with E-state index in [1.54, 1.807) is 12.1 Å². The molecule has 4 heteroatoms. The van der Waals surface area contributed by atoms with E-state index in [-0.39, 0.29) is 11.3 Å². The predicted molar refractivity (Wildman–Crippen MR) is 70.9 cm³/mol. The van der Waals surface area contributed by atoms with Crippen LogP contribution in [0.4, 0.5) is 0 Å². The highest BCUT2D eigenvalue weighted by atomic mass is 35.5. The minimum absolute atomic E-state index is 0.0789. The van der Waals surface area contributed by atoms with Gasteiger partial charge in [-0.1, -0.05) is 32.4 Å². The maximum atomic E-state index is 11.6. The van der Waals surface area contributed by atoms with Gasteiger partial charge in [0.25, 0.3) is 5.91 Å². The number of aromatic nitrogens is 1. The fourth-order valence-electron chi connectivity index (χ4n) is 0.958. The molecule has 1 N–H and O–H groups in total. The van der Waals surface area contributed by atoms with Crippen molar-refractivity contribution in [3.05, 3.63) is 29.0 Å². The summed E-state index contributed by atoms with van der Waals surface area (Å²) in [4.78, 5) is 15.5. The summed E-state index contributed by atoms with van der Waals surface area (Å²) in [5, 5.41) is 3.23. The second kappa shape index (κ2) is 6.93. The molecule has 1 aromatic heterocycles. The third-order valence-corrected chi connectivity index (χ3v) is 1.99. The smallest absolute Gasteiger partial charge is 0.252 e. The van der Waals surface area contributed by atoms with Crippen molar-refractivity contribution in [3.63, 3.8) is 0 Å². The summed E-state index contributed by atoms with van der Waals surface area (Å²) >= 11 is 5.62. The largest absolute Gasteiger partial charge is 0.351 e. The second-order valence-electron chi connectivity index (χ2n) is 4.61. The van der Waals surface area contributed by atoms with Crippen LogP contribution in [0.3, 0.4) is 0 Å². The van der Waals surface area contributed by atoms with Crippen molar-refractivity contribution in [2.45, 2.75) is 20.8 Å². The van der Waals surface area contributed by atoms with Crippen LogP contribution in [0.25, 0.3) is 0 Å². The number of pyridine rings is 1. The van der Waals surface area contributed by atoms with Crippen LogP contribution in [0.15, 0.2) is 18.3 Å². The van der Waals surface area contributed by atoms with Crippen LogP contribution in [0, 0.1) is 18.3 Å². The van der Waals surface area contributed by atoms with Crippen molar-refractivity contribution < 1.29 is 4.79 Å². The van der Waals surface area contributed by atoms with Crippen LogP contribution in [0.5, 0.6) is 0 Å². The summed E-state index contributed by atoms with van der Waals surface area (Å²) in [7, 11) is 0. The van der Waals surface area contributed by atoms with Crippen molar-refractivity contribution in [2.24, 2.45) is 5.41 Å². The van der Waals surface area contributed by atoms with Gasteiger partial charge in [-0.2, -0.15) is 0 Å². The first-order chi connectivity index (χ1) is 7.88. The van der Waals surface area contributed by atoms with Crippen LogP contribution in [0.2, 0.25) is 5.15 Å². The summed E-state index contributed by atoms with van der Waals surface area (Å²) in [5.74, 6) is -0.117. The lowest BCUT2D eigenvalue weighted by molar-refractivity contribution is 0.0939. The normalized spacial score (nSPS) is 10.0. The van der Waals surface area contributed by atoms with E-state index in [1.165, 1.54) is 6.20 Å². The van der Waals surface area contributed by atoms with Gasteiger partial charge in [-0.25, -0.2) is 4.98 Å². The summed E-state index contributed by atoms with van der Waals surface area (Å²) in [6.45, 7) is 6.82. The number of hydrogen-bond acceptors (Lipinski definition) is 2. The molecule has 0 saturated heterocycles. The van der Waals surface area contributed by atoms with Gasteiger partial charge in [-0.05, 0) is 17.5 Å². The highest BCUT2D eigenvalue weighted by Gasteiger charge is 2.12. The Kier molecular flexibility index (Phi) is 6.30. The molecule has 1 amide bonds. The number of nitrogens with one attached hydrogen (secondary N) is 1. The minimum Gasteiger partial charge on any atom is -0.351 e. The van der Waals surface area contributed by atoms with E-state index in [9.17, 15) is 4.79 Å². The Labute approximate surface area is 108 Å². The van der Waals surface area contributed by atoms with Gasteiger partial charge in [0.2, 0.25) is 0 Å². The molecule has 1 aromatic rings. The fourth-order valence-corrected chi connectivity index (χ4v) is 1.07. The van der Waals surface area contributed by atoms with E-state index >= 15 is 0 Å². The molecule has 92 valence electrons. The van der Waals surface area contributed by atoms with Crippen molar-refractivity contribution in [3.8, 4) is 12.8 Å². The zero-order chi connectivity index (χ0) is 13.5. The van der Waals surface area contributed by atoms with E-state index in [0.717, 1.165) is 0 Å². The second-order valence-corrected chi connectivity index (χ2v) is 5.00. The molecule has 0 fully saturated rings. The van der Waals surface area contributed by atoms with Crippen LogP contribution in [0.1, 0.15) is 31.1 Å². The molecule has 0 spiro atoms. The highest BCUT2D eigenvalue weighted by molar-refractivity contribution is 6.29. The first-order valence-corrected chi connectivity index (χ1v) is 5.49. The summed E-state index contributed by atoms with van der Waals surface area (Å²) in [6.07, 6.45) is 9.47. The van der Waals surface area contributed by atoms with E-state index in [1.807, 2.05) is 0 Å². The summed E-state index contributed by atoms with van der Waals surface area (Å²) < 4.78 is 0. The van der Waals surface area contributed by atoms with E-state index in [4.69, 9.17) is 11.6 Å². The van der Waals surface area contributed by atoms with Crippen molar-refractivity contribution in [2.75, 3.05) is 6.54 Å². The van der Waals surface area contributed by atoms with Crippen molar-refractivity contribution in [1.82, 2.24) is 10.3 Å². The van der Waals surface area contributed by atoms with E-state index < -0.39 is 0 Å². The molecule has 0 aliphatic carbocycles. The topological polar surface area (TPSA) is 42.0 Å². The molecular weight excluding hydrogens is 236 g/mol. The zero-order valence-corrected chi connectivity index (χ0v) is 11.1. The van der Waals surface area contributed by atoms with Gasteiger partial charge in [0.1, 0.15) is 5.15 Å². The number of rotatable bonds is 2. The Hall–Kier alpha value is -1.53. The Bertz CT molecular complexity index is 377. The SMILES string of the molecule is C#C.CC(C)(C)CNC(=O)c1ccc(Cl)nc1. The molecule has 0 aliphatic heterocycles. The van der Waals surface area contributed by atoms with E-state index in [2.05, 4.69) is 43.9 Å². The van der Waals surface area contributed by atoms with Gasteiger partial charge >= 0.3 is 0 Å². The highest BCUT2D eigenvalue weighted by Crippen LogP contribution is 2.11. The molecule has 0 bridgehead atoms. The number of carbonyl (C=O) groups is 1. The van der Waals surface area contributed by atoms with Crippen LogP contribution >= 0.6 is 11.6 Å². The average molecular weight is 253 g/mol. The quantitative estimate of drug-likeness (QED) is 0.650. The van der Waals surface area contributed by atoms with Gasteiger partial charge in [-0.15, -0.1) is 12.8 Å². The summed E-state index contributed by atoms with van der Waals surface area (Å²) in [5.41, 5.74) is 0.610. The number of hydrogen-bond donors (Lipinski definition) is 1. The number of nitrogens with zero attached hydrogens (tertiary/aromatic N) is 1. The van der Waals surface area contributed by atoms with E-state index in [0.29, 0.717) is 17.3 Å². The maximum absolute atomic E-state index is 11.6. The first-order valence-electron chi connectivity index (χ1n) is 5.11. The van der Waals surface area contributed by atoms with Crippen LogP contribution in [-0.4, -0.2) is 17.4 Å². The summed E-state index contributed by atoms with van der Waals surface area (Å²) in [6, 6.07) is 3.26. The zero-order valence-electron chi connectivity index (χ0n) is 10.3. The Morgan fingerprint density at radius 3 is 2.41 bits per heavy atom. The standard InChI is InChI=1S/C11H15ClN2O.C2H2/c1-11(2,3)7-14-10(15)8-4-5-9(12)13-6-8;1-2/h4-6H,7H2,1-3H3,(H,14,15);1-2H. The Morgan fingerprint density at radius 1 is 1.41 bits per heavy atom. The molecule has 3 nitrogen and oxygen atoms in total. The average Bonchev–Trinajstić information content (AvgIpc) is 2.29. The van der Waals surface area contributed by atoms with Crippen molar-refractivity contribution >= 4 is 17.5 Å². The van der Waals surface area contributed by atoms with Gasteiger partial charge in [0.05, 0.1) is 5.56 Å². The van der Waals surface area contributed by atoms with Gasteiger partial charge in [-0.3, -0.25) is 4.79 Å². The van der Waals surface area contributed by atoms with Gasteiger partial charge < -0.3 is 5.32 Å². The van der Waals surface area contributed by atoms with Crippen LogP contribution < -0.4 is 5.32 Å². The Balaban J connectivity index is 0.00000121. The third-order valence-electron chi connectivity index (χ3n) is 1.77. The minimum atomic E-state index is -0.117. The first kappa shape index (κ1) is 15.5. The lowest BCUT2D eigenvalue weighted by Crippen LogP contribution is -2.32. The number of amides is 1. The molecule has 0 unspecified atom stereocenters. The molecule has 1 heterocycles. The molecule has 0 aromatic carbocycles. The Morgan fingerprint density at radius 2 is 2.00 bits per heavy atom. The molecule has 0 atom stereocenters. The lowest BCUT2D eigenvalue weighted by Gasteiger charge is -2.18. The molecule has 0 radical (unpaired) electrons. The predicted octanol–water partition coefficient (Wildman–Crippen LogP) is 2.76. The number of carbonyl (C=O) groups excluding carboxylic acids is 1. The molecule has 0 saturated carbocycles. The fraction of sp³-hybridized carbons (Fsp3) is 0.385. The molecular formula is C13H17ClN2O. The molecule has 1 rings (SSSR count). The van der Waals surface area contributed by atoms with Gasteiger partial charge in [0.15, 0.2) is 0 Å². The lowest BCUT2D eigenvalue weighted by atomic mass is 9.97. The maximum Gasteiger partial charge on any atom is 0.252 e. The van der Waals surface area contributed by atoms with Gasteiger partial charge in [0, 0.05) is 12.7 Å².